The number of carboxylic acids is 1. The number of carboxylic acid groups (broad SMARTS) is 1. The van der Waals surface area contributed by atoms with Crippen molar-refractivity contribution in [2.24, 2.45) is 5.73 Å². The summed E-state index contributed by atoms with van der Waals surface area (Å²) in [5.74, 6) is -1.76. The lowest BCUT2D eigenvalue weighted by atomic mass is 10.1. The molecule has 0 saturated heterocycles. The zero-order chi connectivity index (χ0) is 11.4. The number of amides is 1. The van der Waals surface area contributed by atoms with Crippen LogP contribution in [0.1, 0.15) is 18.9 Å². The molecule has 1 unspecified atom stereocenters. The summed E-state index contributed by atoms with van der Waals surface area (Å²) in [5, 5.41) is 8.86. The van der Waals surface area contributed by atoms with Crippen LogP contribution in [0.3, 0.4) is 0 Å². The number of nitrogens with two attached hydrogens (primary N) is 1. The Kier molecular flexibility index (Phi) is 3.27. The van der Waals surface area contributed by atoms with E-state index in [9.17, 15) is 14.4 Å². The fraction of sp³-hybridized carbons (Fsp3) is 0.375. The third-order valence-corrected chi connectivity index (χ3v) is 1.96. The second kappa shape index (κ2) is 4.45. The smallest absolute Gasteiger partial charge is 0.326 e. The number of hydrogen-bond acceptors (Lipinski definition) is 3. The molecular weight excluding hydrogens is 202 g/mol. The first kappa shape index (κ1) is 11.0. The molecule has 1 aromatic heterocycles. The number of imidazole rings is 1. The van der Waals surface area contributed by atoms with Crippen molar-refractivity contribution in [1.29, 1.82) is 0 Å². The molecule has 0 bridgehead atoms. The van der Waals surface area contributed by atoms with Gasteiger partial charge in [0.2, 0.25) is 5.91 Å². The first-order valence-electron chi connectivity index (χ1n) is 4.29. The molecule has 0 aliphatic rings. The summed E-state index contributed by atoms with van der Waals surface area (Å²) < 4.78 is 1.02. The number of primary amides is 1. The number of nitrogens with zero attached hydrogens (tertiary/aromatic N) is 1. The van der Waals surface area contributed by atoms with Crippen LogP contribution < -0.4 is 11.4 Å². The molecule has 0 aliphatic carbocycles. The summed E-state index contributed by atoms with van der Waals surface area (Å²) in [6.07, 6.45) is 2.58. The zero-order valence-corrected chi connectivity index (χ0v) is 7.84. The largest absolute Gasteiger partial charge is 0.480 e. The van der Waals surface area contributed by atoms with Crippen molar-refractivity contribution in [2.75, 3.05) is 0 Å². The lowest BCUT2D eigenvalue weighted by Gasteiger charge is -2.11. The number of carbonyl (C=O) groups excluding carboxylic acids is 1. The number of nitrogens with one attached hydrogen (secondary N) is 1. The predicted molar refractivity (Wildman–Crippen MR) is 50.2 cm³/mol. The van der Waals surface area contributed by atoms with E-state index in [1.165, 1.54) is 12.4 Å². The quantitative estimate of drug-likeness (QED) is 0.585. The summed E-state index contributed by atoms with van der Waals surface area (Å²) in [5.41, 5.74) is 4.38. The lowest BCUT2D eigenvalue weighted by Crippen LogP contribution is -2.28. The maximum atomic E-state index is 11.1. The van der Waals surface area contributed by atoms with Gasteiger partial charge in [-0.15, -0.1) is 0 Å². The van der Waals surface area contributed by atoms with Crippen LogP contribution in [0.2, 0.25) is 0 Å². The average molecular weight is 213 g/mol. The van der Waals surface area contributed by atoms with Crippen molar-refractivity contribution in [3.63, 3.8) is 0 Å². The summed E-state index contributed by atoms with van der Waals surface area (Å²) in [6, 6.07) is -1.06. The maximum absolute atomic E-state index is 11.1. The predicted octanol–water partition coefficient (Wildman–Crippen LogP) is -0.932. The van der Waals surface area contributed by atoms with Gasteiger partial charge in [-0.1, -0.05) is 0 Å². The molecule has 0 saturated carbocycles. The summed E-state index contributed by atoms with van der Waals surface area (Å²) >= 11 is 0. The van der Waals surface area contributed by atoms with Crippen LogP contribution in [0.15, 0.2) is 17.2 Å². The zero-order valence-electron chi connectivity index (χ0n) is 7.84. The number of rotatable bonds is 5. The van der Waals surface area contributed by atoms with Crippen LogP contribution in [0, 0.1) is 0 Å². The van der Waals surface area contributed by atoms with E-state index in [0.29, 0.717) is 0 Å². The van der Waals surface area contributed by atoms with Gasteiger partial charge in [-0.2, -0.15) is 0 Å². The molecule has 1 aromatic rings. The molecule has 0 aromatic carbocycles. The van der Waals surface area contributed by atoms with E-state index in [1.54, 1.807) is 0 Å². The van der Waals surface area contributed by atoms with Gasteiger partial charge < -0.3 is 15.8 Å². The number of aliphatic carboxylic acids is 1. The van der Waals surface area contributed by atoms with Gasteiger partial charge in [-0.05, 0) is 6.42 Å². The van der Waals surface area contributed by atoms with Crippen molar-refractivity contribution in [3.8, 4) is 0 Å². The van der Waals surface area contributed by atoms with Crippen molar-refractivity contribution in [1.82, 2.24) is 9.55 Å². The summed E-state index contributed by atoms with van der Waals surface area (Å²) in [6.45, 7) is 0. The standard InChI is InChI=1S/C8H11N3O4/c9-6(12)2-1-5(7(13)14)11-4-3-10-8(11)15/h3-5H,1-2H2,(H2,9,12)(H,10,15)(H,13,14). The number of aromatic nitrogens is 2. The highest BCUT2D eigenvalue weighted by atomic mass is 16.4. The number of hydrogen-bond donors (Lipinski definition) is 3. The van der Waals surface area contributed by atoms with E-state index >= 15 is 0 Å². The molecule has 82 valence electrons. The van der Waals surface area contributed by atoms with E-state index in [0.717, 1.165) is 4.57 Å². The maximum Gasteiger partial charge on any atom is 0.326 e. The molecule has 1 amide bonds. The molecule has 1 atom stereocenters. The molecule has 7 heteroatoms. The second-order valence-electron chi connectivity index (χ2n) is 3.03. The SMILES string of the molecule is NC(=O)CCC(C(=O)O)n1cc[nH]c1=O. The van der Waals surface area contributed by atoms with Crippen molar-refractivity contribution in [3.05, 3.63) is 22.9 Å². The topological polar surface area (TPSA) is 118 Å². The summed E-state index contributed by atoms with van der Waals surface area (Å²) in [7, 11) is 0. The monoisotopic (exact) mass is 213 g/mol. The molecule has 15 heavy (non-hydrogen) atoms. The highest BCUT2D eigenvalue weighted by molar-refractivity contribution is 5.76. The lowest BCUT2D eigenvalue weighted by molar-refractivity contribution is -0.141. The van der Waals surface area contributed by atoms with Crippen molar-refractivity contribution >= 4 is 11.9 Å². The second-order valence-corrected chi connectivity index (χ2v) is 3.03. The Morgan fingerprint density at radius 3 is 2.67 bits per heavy atom. The van der Waals surface area contributed by atoms with Gasteiger partial charge in [0.15, 0.2) is 0 Å². The van der Waals surface area contributed by atoms with Crippen molar-refractivity contribution in [2.45, 2.75) is 18.9 Å². The van der Waals surface area contributed by atoms with E-state index in [1.807, 2.05) is 0 Å². The van der Waals surface area contributed by atoms with E-state index in [4.69, 9.17) is 10.8 Å². The Labute approximate surface area is 84.5 Å². The third kappa shape index (κ3) is 2.70. The molecule has 7 nitrogen and oxygen atoms in total. The minimum absolute atomic E-state index is 0.00241. The van der Waals surface area contributed by atoms with Gasteiger partial charge in [0.1, 0.15) is 6.04 Å². The first-order chi connectivity index (χ1) is 7.02. The van der Waals surface area contributed by atoms with E-state index < -0.39 is 23.6 Å². The number of aromatic amines is 1. The van der Waals surface area contributed by atoms with Crippen LogP contribution in [0.25, 0.3) is 0 Å². The molecule has 0 aliphatic heterocycles. The Morgan fingerprint density at radius 1 is 1.60 bits per heavy atom. The fourth-order valence-corrected chi connectivity index (χ4v) is 1.24. The fourth-order valence-electron chi connectivity index (χ4n) is 1.24. The normalized spacial score (nSPS) is 12.3. The number of H-pyrrole nitrogens is 1. The Hall–Kier alpha value is -2.05. The highest BCUT2D eigenvalue weighted by Gasteiger charge is 2.21. The van der Waals surface area contributed by atoms with Crippen LogP contribution in [-0.2, 0) is 9.59 Å². The van der Waals surface area contributed by atoms with Gasteiger partial charge in [0.25, 0.3) is 0 Å². The Bertz CT molecular complexity index is 420. The van der Waals surface area contributed by atoms with E-state index in [-0.39, 0.29) is 12.8 Å². The van der Waals surface area contributed by atoms with Crippen LogP contribution in [-0.4, -0.2) is 26.5 Å². The molecule has 0 fully saturated rings. The van der Waals surface area contributed by atoms with Crippen LogP contribution in [0.4, 0.5) is 0 Å². The molecular formula is C8H11N3O4. The molecule has 0 radical (unpaired) electrons. The molecule has 0 spiro atoms. The van der Waals surface area contributed by atoms with Gasteiger partial charge in [-0.25, -0.2) is 9.59 Å². The average Bonchev–Trinajstić information content (AvgIpc) is 2.51. The van der Waals surface area contributed by atoms with Crippen molar-refractivity contribution < 1.29 is 14.7 Å². The molecule has 1 heterocycles. The third-order valence-electron chi connectivity index (χ3n) is 1.96. The van der Waals surface area contributed by atoms with Gasteiger partial charge in [0, 0.05) is 18.8 Å². The minimum Gasteiger partial charge on any atom is -0.480 e. The van der Waals surface area contributed by atoms with Crippen LogP contribution in [0.5, 0.6) is 0 Å². The van der Waals surface area contributed by atoms with Gasteiger partial charge in [-0.3, -0.25) is 9.36 Å². The Morgan fingerprint density at radius 2 is 2.27 bits per heavy atom. The molecule has 4 N–H and O–H groups in total. The van der Waals surface area contributed by atoms with Crippen LogP contribution >= 0.6 is 0 Å². The first-order valence-corrected chi connectivity index (χ1v) is 4.29. The molecule has 1 rings (SSSR count). The van der Waals surface area contributed by atoms with Gasteiger partial charge in [0.05, 0.1) is 0 Å². The Balaban J connectivity index is 2.84. The summed E-state index contributed by atoms with van der Waals surface area (Å²) in [4.78, 5) is 34.8. The van der Waals surface area contributed by atoms with Gasteiger partial charge >= 0.3 is 11.7 Å². The minimum atomic E-state index is -1.17. The highest BCUT2D eigenvalue weighted by Crippen LogP contribution is 2.11. The number of carbonyl (C=O) groups is 2. The van der Waals surface area contributed by atoms with E-state index in [2.05, 4.69) is 4.98 Å².